The number of carbonyl (C=O) groups is 1. The van der Waals surface area contributed by atoms with Crippen molar-refractivity contribution in [3.8, 4) is 0 Å². The highest BCUT2D eigenvalue weighted by molar-refractivity contribution is 5.80. The van der Waals surface area contributed by atoms with Gasteiger partial charge in [-0.15, -0.1) is 0 Å². The summed E-state index contributed by atoms with van der Waals surface area (Å²) >= 11 is 0. The van der Waals surface area contributed by atoms with Crippen LogP contribution in [-0.2, 0) is 16.1 Å². The van der Waals surface area contributed by atoms with Gasteiger partial charge in [0, 0.05) is 18.9 Å². The second-order valence-electron chi connectivity index (χ2n) is 5.69. The van der Waals surface area contributed by atoms with Crippen molar-refractivity contribution in [2.75, 3.05) is 19.7 Å². The van der Waals surface area contributed by atoms with Crippen LogP contribution in [0.4, 0.5) is 0 Å². The van der Waals surface area contributed by atoms with Crippen LogP contribution in [0.1, 0.15) is 11.8 Å². The number of imidazole rings is 1. The van der Waals surface area contributed by atoms with E-state index in [1.54, 1.807) is 24.9 Å². The van der Waals surface area contributed by atoms with Crippen molar-refractivity contribution in [1.82, 2.24) is 24.4 Å². The predicted octanol–water partition coefficient (Wildman–Crippen LogP) is 1.43. The highest BCUT2D eigenvalue weighted by Crippen LogP contribution is 2.20. The van der Waals surface area contributed by atoms with Crippen molar-refractivity contribution < 1.29 is 9.53 Å². The summed E-state index contributed by atoms with van der Waals surface area (Å²) in [4.78, 5) is 27.2. The molecule has 24 heavy (non-hydrogen) atoms. The van der Waals surface area contributed by atoms with Gasteiger partial charge in [-0.1, -0.05) is 12.1 Å². The molecule has 3 heterocycles. The first-order chi connectivity index (χ1) is 11.8. The number of hydrogen-bond donors (Lipinski definition) is 0. The van der Waals surface area contributed by atoms with E-state index in [0.29, 0.717) is 19.7 Å². The normalized spacial score (nSPS) is 18.0. The van der Waals surface area contributed by atoms with E-state index in [0.717, 1.165) is 16.7 Å². The number of morpholine rings is 1. The van der Waals surface area contributed by atoms with Gasteiger partial charge in [-0.3, -0.25) is 14.8 Å². The Morgan fingerprint density at radius 2 is 2.17 bits per heavy atom. The third-order valence-corrected chi connectivity index (χ3v) is 4.17. The quantitative estimate of drug-likeness (QED) is 0.729. The van der Waals surface area contributed by atoms with Gasteiger partial charge in [0.25, 0.3) is 0 Å². The Bertz CT molecular complexity index is 848. The molecule has 7 nitrogen and oxygen atoms in total. The summed E-state index contributed by atoms with van der Waals surface area (Å²) in [6, 6.07) is 7.80. The molecule has 2 aromatic heterocycles. The van der Waals surface area contributed by atoms with Crippen molar-refractivity contribution >= 4 is 16.9 Å². The van der Waals surface area contributed by atoms with E-state index in [9.17, 15) is 4.79 Å². The zero-order valence-electron chi connectivity index (χ0n) is 13.1. The summed E-state index contributed by atoms with van der Waals surface area (Å²) in [5.41, 5.74) is 2.61. The standard InChI is InChI=1S/C17H17N5O2/c23-17(11-22-12-20-13-3-1-2-4-15(13)22)21-7-8-24-16(10-21)14-9-18-5-6-19-14/h1-6,9,12,16H,7-8,10-11H2/t16-/m0/s1. The number of para-hydroxylation sites is 2. The SMILES string of the molecule is O=C(Cn1cnc2ccccc21)N1CCO[C@H](c2cnccn2)C1. The Labute approximate surface area is 138 Å². The molecule has 0 N–H and O–H groups in total. The fourth-order valence-corrected chi connectivity index (χ4v) is 2.91. The number of aromatic nitrogens is 4. The van der Waals surface area contributed by atoms with E-state index < -0.39 is 0 Å². The minimum absolute atomic E-state index is 0.0512. The smallest absolute Gasteiger partial charge is 0.242 e. The lowest BCUT2D eigenvalue weighted by Gasteiger charge is -2.32. The van der Waals surface area contributed by atoms with Gasteiger partial charge in [-0.2, -0.15) is 0 Å². The zero-order valence-corrected chi connectivity index (χ0v) is 13.1. The number of carbonyl (C=O) groups excluding carboxylic acids is 1. The molecule has 122 valence electrons. The van der Waals surface area contributed by atoms with Crippen LogP contribution in [-0.4, -0.2) is 50.0 Å². The molecule has 1 atom stereocenters. The third-order valence-electron chi connectivity index (χ3n) is 4.17. The van der Waals surface area contributed by atoms with Crippen LogP contribution in [0.25, 0.3) is 11.0 Å². The molecule has 1 fully saturated rings. The van der Waals surface area contributed by atoms with Crippen LogP contribution in [0.5, 0.6) is 0 Å². The summed E-state index contributed by atoms with van der Waals surface area (Å²) in [6.45, 7) is 1.84. The average molecular weight is 323 g/mol. The Morgan fingerprint density at radius 1 is 1.25 bits per heavy atom. The fraction of sp³-hybridized carbons (Fsp3) is 0.294. The number of rotatable bonds is 3. The van der Waals surface area contributed by atoms with Gasteiger partial charge in [0.2, 0.25) is 5.91 Å². The van der Waals surface area contributed by atoms with Crippen molar-refractivity contribution in [3.63, 3.8) is 0 Å². The second kappa shape index (κ2) is 6.37. The average Bonchev–Trinajstić information content (AvgIpc) is 3.06. The largest absolute Gasteiger partial charge is 0.368 e. The van der Waals surface area contributed by atoms with Crippen LogP contribution in [0, 0.1) is 0 Å². The molecule has 1 aliphatic rings. The second-order valence-corrected chi connectivity index (χ2v) is 5.69. The number of nitrogens with zero attached hydrogens (tertiary/aromatic N) is 5. The topological polar surface area (TPSA) is 73.1 Å². The van der Waals surface area contributed by atoms with Gasteiger partial charge in [0.1, 0.15) is 12.6 Å². The first-order valence-corrected chi connectivity index (χ1v) is 7.86. The number of ether oxygens (including phenoxy) is 1. The Morgan fingerprint density at radius 3 is 3.04 bits per heavy atom. The van der Waals surface area contributed by atoms with Crippen LogP contribution in [0.15, 0.2) is 49.2 Å². The molecular weight excluding hydrogens is 306 g/mol. The van der Waals surface area contributed by atoms with Crippen molar-refractivity contribution in [1.29, 1.82) is 0 Å². The molecule has 0 radical (unpaired) electrons. The maximum atomic E-state index is 12.7. The molecule has 0 bridgehead atoms. The van der Waals surface area contributed by atoms with Crippen molar-refractivity contribution in [3.05, 3.63) is 54.9 Å². The monoisotopic (exact) mass is 323 g/mol. The van der Waals surface area contributed by atoms with E-state index in [1.807, 2.05) is 33.7 Å². The first-order valence-electron chi connectivity index (χ1n) is 7.86. The molecule has 4 rings (SSSR count). The molecule has 0 aliphatic carbocycles. The van der Waals surface area contributed by atoms with Gasteiger partial charge in [-0.05, 0) is 12.1 Å². The highest BCUT2D eigenvalue weighted by atomic mass is 16.5. The minimum atomic E-state index is -0.226. The summed E-state index contributed by atoms with van der Waals surface area (Å²) < 4.78 is 7.61. The van der Waals surface area contributed by atoms with Gasteiger partial charge in [-0.25, -0.2) is 4.98 Å². The van der Waals surface area contributed by atoms with E-state index in [2.05, 4.69) is 15.0 Å². The fourth-order valence-electron chi connectivity index (χ4n) is 2.91. The summed E-state index contributed by atoms with van der Waals surface area (Å²) in [5, 5.41) is 0. The van der Waals surface area contributed by atoms with Crippen LogP contribution in [0.2, 0.25) is 0 Å². The molecule has 0 saturated carbocycles. The molecule has 0 unspecified atom stereocenters. The maximum absolute atomic E-state index is 12.7. The molecule has 1 aromatic carbocycles. The third kappa shape index (κ3) is 2.85. The molecule has 3 aromatic rings. The summed E-state index contributed by atoms with van der Waals surface area (Å²) in [5.74, 6) is 0.0512. The van der Waals surface area contributed by atoms with E-state index >= 15 is 0 Å². The van der Waals surface area contributed by atoms with Gasteiger partial charge < -0.3 is 14.2 Å². The van der Waals surface area contributed by atoms with Gasteiger partial charge in [0.05, 0.1) is 42.4 Å². The molecular formula is C17H17N5O2. The lowest BCUT2D eigenvalue weighted by atomic mass is 10.2. The Kier molecular flexibility index (Phi) is 3.92. The first kappa shape index (κ1) is 14.8. The summed E-state index contributed by atoms with van der Waals surface area (Å²) in [7, 11) is 0. The van der Waals surface area contributed by atoms with Crippen LogP contribution < -0.4 is 0 Å². The molecule has 0 spiro atoms. The Balaban J connectivity index is 1.48. The minimum Gasteiger partial charge on any atom is -0.368 e. The van der Waals surface area contributed by atoms with Crippen molar-refractivity contribution in [2.24, 2.45) is 0 Å². The highest BCUT2D eigenvalue weighted by Gasteiger charge is 2.26. The predicted molar refractivity (Wildman–Crippen MR) is 87.0 cm³/mol. The molecule has 7 heteroatoms. The van der Waals surface area contributed by atoms with E-state index in [4.69, 9.17) is 4.74 Å². The van der Waals surface area contributed by atoms with E-state index in [1.165, 1.54) is 0 Å². The summed E-state index contributed by atoms with van der Waals surface area (Å²) in [6.07, 6.45) is 6.43. The molecule has 1 saturated heterocycles. The lowest BCUT2D eigenvalue weighted by molar-refractivity contribution is -0.139. The number of amides is 1. The van der Waals surface area contributed by atoms with Gasteiger partial charge in [0.15, 0.2) is 0 Å². The number of fused-ring (bicyclic) bond motifs is 1. The van der Waals surface area contributed by atoms with Gasteiger partial charge >= 0.3 is 0 Å². The number of benzene rings is 1. The zero-order chi connectivity index (χ0) is 16.4. The maximum Gasteiger partial charge on any atom is 0.242 e. The molecule has 1 aliphatic heterocycles. The Hall–Kier alpha value is -2.80. The number of hydrogen-bond acceptors (Lipinski definition) is 5. The lowest BCUT2D eigenvalue weighted by Crippen LogP contribution is -2.43. The van der Waals surface area contributed by atoms with Crippen LogP contribution in [0.3, 0.4) is 0 Å². The van der Waals surface area contributed by atoms with Crippen molar-refractivity contribution in [2.45, 2.75) is 12.6 Å². The van der Waals surface area contributed by atoms with E-state index in [-0.39, 0.29) is 18.6 Å². The van der Waals surface area contributed by atoms with Crippen LogP contribution >= 0.6 is 0 Å². The molecule has 1 amide bonds.